The molecule has 0 aromatic carbocycles. The van der Waals surface area contributed by atoms with Crippen LogP contribution in [-0.4, -0.2) is 17.0 Å². The van der Waals surface area contributed by atoms with Gasteiger partial charge in [0.15, 0.2) is 5.78 Å². The fourth-order valence-electron chi connectivity index (χ4n) is 7.86. The zero-order chi connectivity index (χ0) is 17.3. The lowest BCUT2D eigenvalue weighted by Gasteiger charge is -2.60. The second-order valence-corrected chi connectivity index (χ2v) is 9.96. The van der Waals surface area contributed by atoms with E-state index in [0.717, 1.165) is 37.0 Å². The van der Waals surface area contributed by atoms with Crippen LogP contribution in [0.4, 0.5) is 0 Å². The van der Waals surface area contributed by atoms with Crippen molar-refractivity contribution >= 4 is 5.78 Å². The first-order chi connectivity index (χ1) is 11.3. The number of hydrogen-bond acceptors (Lipinski definition) is 2. The summed E-state index contributed by atoms with van der Waals surface area (Å²) < 4.78 is 0. The summed E-state index contributed by atoms with van der Waals surface area (Å²) in [5.74, 6) is 3.30. The molecule has 134 valence electrons. The third kappa shape index (κ3) is 2.14. The molecule has 2 heteroatoms. The fraction of sp³-hybridized carbons (Fsp3) is 0.864. The molecule has 4 aliphatic carbocycles. The first-order valence-electron chi connectivity index (χ1n) is 10.2. The highest BCUT2D eigenvalue weighted by atomic mass is 16.3. The van der Waals surface area contributed by atoms with Crippen LogP contribution in [0.1, 0.15) is 79.1 Å². The minimum absolute atomic E-state index is 0.0619. The maximum atomic E-state index is 12.3. The van der Waals surface area contributed by atoms with Crippen molar-refractivity contribution < 1.29 is 9.90 Å². The predicted molar refractivity (Wildman–Crippen MR) is 96.5 cm³/mol. The first kappa shape index (κ1) is 16.8. The Bertz CT molecular complexity index is 591. The SMILES string of the molecule is CC(=O)C1=C(C)C[C@@H]2[C@H]3CC[C@H]4C[C@@H](O)CC[C@]4(C)[C@@H]3CC[C@]12C. The number of allylic oxidation sites excluding steroid dienone is 2. The Labute approximate surface area is 147 Å². The molecule has 2 nitrogen and oxygen atoms in total. The summed E-state index contributed by atoms with van der Waals surface area (Å²) in [6.45, 7) is 8.91. The number of carbonyl (C=O) groups excluding carboxylic acids is 1. The van der Waals surface area contributed by atoms with E-state index in [-0.39, 0.29) is 11.5 Å². The molecule has 4 rings (SSSR count). The van der Waals surface area contributed by atoms with Gasteiger partial charge >= 0.3 is 0 Å². The van der Waals surface area contributed by atoms with Gasteiger partial charge in [0, 0.05) is 0 Å². The molecule has 24 heavy (non-hydrogen) atoms. The van der Waals surface area contributed by atoms with Gasteiger partial charge in [0.25, 0.3) is 0 Å². The van der Waals surface area contributed by atoms with E-state index >= 15 is 0 Å². The number of hydrogen-bond donors (Lipinski definition) is 1. The molecule has 3 saturated carbocycles. The standard InChI is InChI=1S/C22H34O2/c1-13-11-19-17-6-5-15-12-16(24)7-9-21(15,3)18(17)8-10-22(19,4)20(13)14(2)23/h15-19,24H,5-12H2,1-4H3/t15-,16-,17-,18+,19+,21-,22-/m0/s1. The molecule has 0 heterocycles. The van der Waals surface area contributed by atoms with Crippen LogP contribution in [0, 0.1) is 34.5 Å². The van der Waals surface area contributed by atoms with Crippen LogP contribution in [0.2, 0.25) is 0 Å². The molecule has 0 aromatic rings. The molecule has 1 N–H and O–H groups in total. The third-order valence-corrected chi connectivity index (χ3v) is 8.90. The maximum absolute atomic E-state index is 12.3. The summed E-state index contributed by atoms with van der Waals surface area (Å²) in [4.78, 5) is 12.3. The number of Topliss-reactive ketones (excluding diaryl/α,β-unsaturated/α-hetero) is 1. The molecule has 7 atom stereocenters. The van der Waals surface area contributed by atoms with Crippen LogP contribution < -0.4 is 0 Å². The van der Waals surface area contributed by atoms with E-state index in [0.29, 0.717) is 17.1 Å². The lowest BCUT2D eigenvalue weighted by atomic mass is 9.44. The zero-order valence-corrected chi connectivity index (χ0v) is 15.9. The Morgan fingerprint density at radius 2 is 1.83 bits per heavy atom. The van der Waals surface area contributed by atoms with E-state index < -0.39 is 0 Å². The number of aliphatic hydroxyl groups excluding tert-OH is 1. The molecule has 3 fully saturated rings. The summed E-state index contributed by atoms with van der Waals surface area (Å²) >= 11 is 0. The monoisotopic (exact) mass is 330 g/mol. The van der Waals surface area contributed by atoms with E-state index in [1.165, 1.54) is 43.3 Å². The van der Waals surface area contributed by atoms with Crippen molar-refractivity contribution in [1.29, 1.82) is 0 Å². The van der Waals surface area contributed by atoms with Crippen LogP contribution in [-0.2, 0) is 4.79 Å². The van der Waals surface area contributed by atoms with Crippen molar-refractivity contribution in [2.75, 3.05) is 0 Å². The van der Waals surface area contributed by atoms with E-state index in [2.05, 4.69) is 20.8 Å². The highest BCUT2D eigenvalue weighted by Crippen LogP contribution is 2.67. The average molecular weight is 331 g/mol. The molecule has 0 unspecified atom stereocenters. The number of ketones is 1. The summed E-state index contributed by atoms with van der Waals surface area (Å²) in [6.07, 6.45) is 9.39. The lowest BCUT2D eigenvalue weighted by Crippen LogP contribution is -2.53. The predicted octanol–water partition coefficient (Wildman–Crippen LogP) is 4.91. The molecule has 0 radical (unpaired) electrons. The van der Waals surface area contributed by atoms with E-state index in [9.17, 15) is 9.90 Å². The van der Waals surface area contributed by atoms with Crippen LogP contribution in [0.5, 0.6) is 0 Å². The van der Waals surface area contributed by atoms with Gasteiger partial charge in [-0.05, 0) is 105 Å². The normalized spacial score (nSPS) is 51.0. The van der Waals surface area contributed by atoms with Gasteiger partial charge in [-0.2, -0.15) is 0 Å². The number of rotatable bonds is 1. The molecule has 0 amide bonds. The maximum Gasteiger partial charge on any atom is 0.156 e. The Hall–Kier alpha value is -0.630. The van der Waals surface area contributed by atoms with Crippen LogP contribution in [0.15, 0.2) is 11.1 Å². The number of fused-ring (bicyclic) bond motifs is 5. The van der Waals surface area contributed by atoms with Gasteiger partial charge in [0.2, 0.25) is 0 Å². The molecule has 0 saturated heterocycles. The second kappa shape index (κ2) is 5.43. The summed E-state index contributed by atoms with van der Waals surface area (Å²) in [6, 6.07) is 0. The quantitative estimate of drug-likeness (QED) is 0.742. The molecular formula is C22H34O2. The summed E-state index contributed by atoms with van der Waals surface area (Å²) in [5, 5.41) is 10.1. The third-order valence-electron chi connectivity index (χ3n) is 8.90. The first-order valence-corrected chi connectivity index (χ1v) is 10.2. The molecule has 0 aliphatic heterocycles. The van der Waals surface area contributed by atoms with Gasteiger partial charge in [-0.1, -0.05) is 19.4 Å². The number of aliphatic hydroxyl groups is 1. The van der Waals surface area contributed by atoms with Crippen LogP contribution in [0.25, 0.3) is 0 Å². The van der Waals surface area contributed by atoms with E-state index in [4.69, 9.17) is 0 Å². The number of carbonyl (C=O) groups is 1. The van der Waals surface area contributed by atoms with Crippen LogP contribution in [0.3, 0.4) is 0 Å². The molecule has 4 aliphatic rings. The van der Waals surface area contributed by atoms with E-state index in [1.807, 2.05) is 0 Å². The summed E-state index contributed by atoms with van der Waals surface area (Å²) in [5.41, 5.74) is 3.12. The molecule has 0 aromatic heterocycles. The highest BCUT2D eigenvalue weighted by molar-refractivity contribution is 5.96. The molecular weight excluding hydrogens is 296 g/mol. The minimum atomic E-state index is -0.0619. The van der Waals surface area contributed by atoms with Crippen LogP contribution >= 0.6 is 0 Å². The van der Waals surface area contributed by atoms with Gasteiger partial charge in [-0.15, -0.1) is 0 Å². The van der Waals surface area contributed by atoms with Crippen molar-refractivity contribution in [3.05, 3.63) is 11.1 Å². The van der Waals surface area contributed by atoms with E-state index in [1.54, 1.807) is 6.92 Å². The lowest BCUT2D eigenvalue weighted by molar-refractivity contribution is -0.124. The Morgan fingerprint density at radius 1 is 1.08 bits per heavy atom. The largest absolute Gasteiger partial charge is 0.393 e. The second-order valence-electron chi connectivity index (χ2n) is 9.96. The van der Waals surface area contributed by atoms with Crippen molar-refractivity contribution in [3.8, 4) is 0 Å². The van der Waals surface area contributed by atoms with Crippen molar-refractivity contribution in [1.82, 2.24) is 0 Å². The highest BCUT2D eigenvalue weighted by Gasteiger charge is 2.59. The fourth-order valence-corrected chi connectivity index (χ4v) is 7.86. The van der Waals surface area contributed by atoms with Gasteiger partial charge in [0.05, 0.1) is 6.10 Å². The zero-order valence-electron chi connectivity index (χ0n) is 15.9. The van der Waals surface area contributed by atoms with Gasteiger partial charge in [0.1, 0.15) is 0 Å². The topological polar surface area (TPSA) is 37.3 Å². The molecule has 0 bridgehead atoms. The smallest absolute Gasteiger partial charge is 0.156 e. The minimum Gasteiger partial charge on any atom is -0.393 e. The Kier molecular flexibility index (Phi) is 3.81. The van der Waals surface area contributed by atoms with Gasteiger partial charge < -0.3 is 5.11 Å². The van der Waals surface area contributed by atoms with Gasteiger partial charge in [-0.25, -0.2) is 0 Å². The Morgan fingerprint density at radius 3 is 2.54 bits per heavy atom. The van der Waals surface area contributed by atoms with Crippen molar-refractivity contribution in [2.45, 2.75) is 85.2 Å². The van der Waals surface area contributed by atoms with Gasteiger partial charge in [-0.3, -0.25) is 4.79 Å². The average Bonchev–Trinajstić information content (AvgIpc) is 2.78. The summed E-state index contributed by atoms with van der Waals surface area (Å²) in [7, 11) is 0. The van der Waals surface area contributed by atoms with Crippen molar-refractivity contribution in [3.63, 3.8) is 0 Å². The Balaban J connectivity index is 1.65. The molecule has 0 spiro atoms. The van der Waals surface area contributed by atoms with Crippen molar-refractivity contribution in [2.24, 2.45) is 34.5 Å².